The summed E-state index contributed by atoms with van der Waals surface area (Å²) in [7, 11) is -0.615. The first-order chi connectivity index (χ1) is 10.5. The van der Waals surface area contributed by atoms with E-state index in [2.05, 4.69) is 41.5 Å². The molecule has 0 atom stereocenters. The van der Waals surface area contributed by atoms with Gasteiger partial charge in [-0.15, -0.1) is 0 Å². The van der Waals surface area contributed by atoms with Crippen LogP contribution in [0.5, 0.6) is 0 Å². The van der Waals surface area contributed by atoms with Gasteiger partial charge in [0.2, 0.25) is 0 Å². The number of nitrogens with zero attached hydrogens (tertiary/aromatic N) is 1. The Morgan fingerprint density at radius 2 is 1.50 bits per heavy atom. The predicted octanol–water partition coefficient (Wildman–Crippen LogP) is 3.32. The second-order valence-electron chi connectivity index (χ2n) is 7.91. The van der Waals surface area contributed by atoms with E-state index in [1.54, 1.807) is 18.2 Å². The standard InChI is InChI=1S/C19H26FNOP.Li/c1-18(2,3)23(19(4,5)6)13-21(22)16-12-11-14-9-7-8-10-15(14)17(16)20;/h7-12H,13H2,1-6H3;/q-1;+1. The minimum atomic E-state index is -0.615. The largest absolute Gasteiger partial charge is 1.00 e. The summed E-state index contributed by atoms with van der Waals surface area (Å²) in [4.78, 5) is 0. The van der Waals surface area contributed by atoms with Crippen molar-refractivity contribution in [1.82, 2.24) is 0 Å². The second kappa shape index (κ2) is 7.75. The maximum absolute atomic E-state index is 14.7. The molecule has 0 unspecified atom stereocenters. The average molecular weight is 341 g/mol. The van der Waals surface area contributed by atoms with Gasteiger partial charge >= 0.3 is 18.9 Å². The molecule has 126 valence electrons. The molecule has 0 aliphatic carbocycles. The van der Waals surface area contributed by atoms with Crippen molar-refractivity contribution >= 4 is 24.4 Å². The van der Waals surface area contributed by atoms with E-state index in [1.807, 2.05) is 18.2 Å². The Kier molecular flexibility index (Phi) is 6.93. The van der Waals surface area contributed by atoms with E-state index in [9.17, 15) is 9.60 Å². The number of hydrogen-bond acceptors (Lipinski definition) is 2. The molecule has 5 heteroatoms. The van der Waals surface area contributed by atoms with Crippen molar-refractivity contribution in [2.24, 2.45) is 0 Å². The quantitative estimate of drug-likeness (QED) is 0.486. The zero-order valence-corrected chi connectivity index (χ0v) is 16.7. The molecule has 0 aliphatic heterocycles. The normalized spacial score (nSPS) is 12.4. The third-order valence-electron chi connectivity index (χ3n) is 4.00. The molecule has 0 radical (unpaired) electrons. The van der Waals surface area contributed by atoms with Crippen LogP contribution in [0.15, 0.2) is 36.4 Å². The van der Waals surface area contributed by atoms with E-state index in [1.165, 1.54) is 0 Å². The van der Waals surface area contributed by atoms with Crippen molar-refractivity contribution in [3.05, 3.63) is 47.4 Å². The zero-order valence-electron chi connectivity index (χ0n) is 15.9. The molecule has 0 saturated carbocycles. The summed E-state index contributed by atoms with van der Waals surface area (Å²) in [6.45, 7) is 13.0. The maximum Gasteiger partial charge on any atom is 1.00 e. The fraction of sp³-hybridized carbons (Fsp3) is 0.474. The van der Waals surface area contributed by atoms with Crippen molar-refractivity contribution in [1.29, 1.82) is 0 Å². The van der Waals surface area contributed by atoms with E-state index < -0.39 is 13.7 Å². The van der Waals surface area contributed by atoms with E-state index in [0.29, 0.717) is 11.7 Å². The number of rotatable bonds is 3. The summed E-state index contributed by atoms with van der Waals surface area (Å²) in [5, 5.41) is 14.9. The fourth-order valence-corrected chi connectivity index (χ4v) is 6.32. The number of hydroxylamine groups is 1. The molecular weight excluding hydrogens is 315 g/mol. The first-order valence-electron chi connectivity index (χ1n) is 7.91. The Morgan fingerprint density at radius 1 is 0.958 bits per heavy atom. The summed E-state index contributed by atoms with van der Waals surface area (Å²) >= 11 is 0. The molecule has 0 spiro atoms. The van der Waals surface area contributed by atoms with Gasteiger partial charge in [-0.1, -0.05) is 79.8 Å². The third-order valence-corrected chi connectivity index (χ3v) is 7.78. The molecule has 0 heterocycles. The zero-order chi connectivity index (χ0) is 17.4. The molecule has 2 aromatic carbocycles. The minimum Gasteiger partial charge on any atom is -0.758 e. The van der Waals surface area contributed by atoms with Gasteiger partial charge in [0.1, 0.15) is 0 Å². The summed E-state index contributed by atoms with van der Waals surface area (Å²) in [6.07, 6.45) is 0.345. The Morgan fingerprint density at radius 3 is 2.04 bits per heavy atom. The van der Waals surface area contributed by atoms with Crippen molar-refractivity contribution in [2.45, 2.75) is 51.9 Å². The molecule has 0 amide bonds. The number of halogens is 1. The summed E-state index contributed by atoms with van der Waals surface area (Å²) in [6, 6.07) is 10.7. The van der Waals surface area contributed by atoms with Gasteiger partial charge in [-0.2, -0.15) is 0 Å². The summed E-state index contributed by atoms with van der Waals surface area (Å²) < 4.78 is 14.7. The molecule has 0 aliphatic rings. The molecule has 2 rings (SSSR count). The molecule has 2 nitrogen and oxygen atoms in total. The van der Waals surface area contributed by atoms with Crippen LogP contribution < -0.4 is 23.9 Å². The number of anilines is 1. The van der Waals surface area contributed by atoms with Gasteiger partial charge in [0.15, 0.2) is 5.82 Å². The van der Waals surface area contributed by atoms with Crippen LogP contribution in [0.25, 0.3) is 10.8 Å². The van der Waals surface area contributed by atoms with Gasteiger partial charge in [-0.3, -0.25) is 0 Å². The van der Waals surface area contributed by atoms with Crippen molar-refractivity contribution < 1.29 is 23.3 Å². The van der Waals surface area contributed by atoms with Crippen LogP contribution in [-0.2, 0) is 0 Å². The Balaban J connectivity index is 0.00000288. The smallest absolute Gasteiger partial charge is 0.758 e. The molecule has 24 heavy (non-hydrogen) atoms. The molecule has 0 aromatic heterocycles. The molecule has 0 bridgehead atoms. The number of hydrogen-bond donors (Lipinski definition) is 0. The van der Waals surface area contributed by atoms with Gasteiger partial charge < -0.3 is 10.3 Å². The van der Waals surface area contributed by atoms with Crippen molar-refractivity contribution in [2.75, 3.05) is 11.3 Å². The molecular formula is C19H26FLiNOP. The van der Waals surface area contributed by atoms with Crippen molar-refractivity contribution in [3.63, 3.8) is 0 Å². The first-order valence-corrected chi connectivity index (χ1v) is 9.44. The Hall–Kier alpha value is -0.583. The molecule has 0 fully saturated rings. The average Bonchev–Trinajstić information content (AvgIpc) is 2.42. The Labute approximate surface area is 158 Å². The van der Waals surface area contributed by atoms with E-state index in [4.69, 9.17) is 0 Å². The van der Waals surface area contributed by atoms with Crippen LogP contribution in [0.4, 0.5) is 10.1 Å². The van der Waals surface area contributed by atoms with Crippen LogP contribution in [0.3, 0.4) is 0 Å². The van der Waals surface area contributed by atoms with Gasteiger partial charge in [-0.25, -0.2) is 4.39 Å². The summed E-state index contributed by atoms with van der Waals surface area (Å²) in [5.74, 6) is -0.420. The third kappa shape index (κ3) is 4.74. The SMILES string of the molecule is CC(C)(C)P(CN([O-])c1ccc2ccccc2c1F)C(C)(C)C.[Li+]. The monoisotopic (exact) mass is 341 g/mol. The predicted molar refractivity (Wildman–Crippen MR) is 101 cm³/mol. The first kappa shape index (κ1) is 21.5. The van der Waals surface area contributed by atoms with E-state index in [-0.39, 0.29) is 34.9 Å². The van der Waals surface area contributed by atoms with Gasteiger partial charge in [0.05, 0.1) is 5.69 Å². The topological polar surface area (TPSA) is 26.3 Å². The molecule has 2 aromatic rings. The number of fused-ring (bicyclic) bond motifs is 1. The molecule has 0 saturated heterocycles. The summed E-state index contributed by atoms with van der Waals surface area (Å²) in [5.41, 5.74) is 0.143. The fourth-order valence-electron chi connectivity index (χ4n) is 3.05. The maximum atomic E-state index is 14.7. The van der Waals surface area contributed by atoms with Crippen LogP contribution in [0.1, 0.15) is 41.5 Å². The van der Waals surface area contributed by atoms with Crippen LogP contribution in [-0.4, -0.2) is 16.6 Å². The Bertz CT molecular complexity index is 680. The molecule has 0 N–H and O–H groups in total. The second-order valence-corrected chi connectivity index (χ2v) is 11.7. The van der Waals surface area contributed by atoms with Crippen LogP contribution in [0, 0.1) is 11.0 Å². The van der Waals surface area contributed by atoms with Gasteiger partial charge in [0.25, 0.3) is 0 Å². The number of benzene rings is 2. The minimum absolute atomic E-state index is 0. The van der Waals surface area contributed by atoms with Crippen LogP contribution >= 0.6 is 7.92 Å². The van der Waals surface area contributed by atoms with Crippen LogP contribution in [0.2, 0.25) is 0 Å². The van der Waals surface area contributed by atoms with Gasteiger partial charge in [-0.05, 0) is 21.8 Å². The van der Waals surface area contributed by atoms with E-state index in [0.717, 1.165) is 10.4 Å². The van der Waals surface area contributed by atoms with E-state index >= 15 is 0 Å². The van der Waals surface area contributed by atoms with Gasteiger partial charge in [0, 0.05) is 11.7 Å². The van der Waals surface area contributed by atoms with Crippen molar-refractivity contribution in [3.8, 4) is 0 Å².